The lowest BCUT2D eigenvalue weighted by Crippen LogP contribution is -2.54. The average molecular weight is 464 g/mol. The summed E-state index contributed by atoms with van der Waals surface area (Å²) in [6, 6.07) is 23.7. The quantitative estimate of drug-likeness (QED) is 0.322. The molecule has 0 amide bonds. The first-order valence-corrected chi connectivity index (χ1v) is 12.2. The fourth-order valence-corrected chi connectivity index (χ4v) is 5.33. The van der Waals surface area contributed by atoms with Gasteiger partial charge in [-0.05, 0) is 36.5 Å². The molecule has 2 atom stereocenters. The highest BCUT2D eigenvalue weighted by Crippen LogP contribution is 2.43. The van der Waals surface area contributed by atoms with E-state index < -0.39 is 17.0 Å². The van der Waals surface area contributed by atoms with E-state index >= 15 is 0 Å². The highest BCUT2D eigenvalue weighted by Gasteiger charge is 2.49. The Bertz CT molecular complexity index is 1010. The number of aliphatic carboxylic acids is 1. The topological polar surface area (TPSA) is 74.7 Å². The lowest BCUT2D eigenvalue weighted by atomic mass is 10.1. The van der Waals surface area contributed by atoms with Crippen LogP contribution in [-0.4, -0.2) is 39.5 Å². The summed E-state index contributed by atoms with van der Waals surface area (Å²) in [5, 5.41) is 14.9. The third kappa shape index (κ3) is 6.00. The SMILES string of the molecule is O=C(O)C1CSC(c2cccnc2)(N(Cc2ccccc2)OCCCCc2ccccc2)N1. The number of rotatable bonds is 11. The molecule has 0 spiro atoms. The Kier molecular flexibility index (Phi) is 8.12. The second kappa shape index (κ2) is 11.4. The van der Waals surface area contributed by atoms with Gasteiger partial charge in [0.1, 0.15) is 6.04 Å². The molecule has 1 aliphatic heterocycles. The Morgan fingerprint density at radius 1 is 1.06 bits per heavy atom. The van der Waals surface area contributed by atoms with Crippen molar-refractivity contribution in [3.05, 3.63) is 102 Å². The molecule has 2 aromatic carbocycles. The minimum absolute atomic E-state index is 0.437. The molecule has 2 unspecified atom stereocenters. The lowest BCUT2D eigenvalue weighted by Gasteiger charge is -2.40. The molecule has 0 saturated carbocycles. The molecule has 172 valence electrons. The van der Waals surface area contributed by atoms with E-state index in [9.17, 15) is 9.90 Å². The van der Waals surface area contributed by atoms with Crippen LogP contribution in [0.3, 0.4) is 0 Å². The summed E-state index contributed by atoms with van der Waals surface area (Å²) in [6.07, 6.45) is 6.42. The minimum atomic E-state index is -0.865. The maximum absolute atomic E-state index is 11.8. The van der Waals surface area contributed by atoms with Crippen molar-refractivity contribution in [2.75, 3.05) is 12.4 Å². The molecule has 4 rings (SSSR count). The third-order valence-electron chi connectivity index (χ3n) is 5.65. The van der Waals surface area contributed by atoms with Gasteiger partial charge in [0.2, 0.25) is 0 Å². The van der Waals surface area contributed by atoms with Gasteiger partial charge in [-0.3, -0.25) is 19.9 Å². The molecule has 0 bridgehead atoms. The van der Waals surface area contributed by atoms with Gasteiger partial charge in [-0.2, -0.15) is 5.06 Å². The van der Waals surface area contributed by atoms with Gasteiger partial charge in [-0.15, -0.1) is 11.8 Å². The lowest BCUT2D eigenvalue weighted by molar-refractivity contribution is -0.216. The Balaban J connectivity index is 1.51. The zero-order valence-electron chi connectivity index (χ0n) is 18.5. The molecule has 6 nitrogen and oxygen atoms in total. The van der Waals surface area contributed by atoms with Crippen LogP contribution in [0.15, 0.2) is 85.2 Å². The van der Waals surface area contributed by atoms with E-state index in [2.05, 4.69) is 46.7 Å². The number of unbranched alkanes of at least 4 members (excludes halogenated alkanes) is 1. The molecule has 0 radical (unpaired) electrons. The van der Waals surface area contributed by atoms with Gasteiger partial charge < -0.3 is 5.11 Å². The molecule has 1 fully saturated rings. The number of nitrogens with zero attached hydrogens (tertiary/aromatic N) is 2. The van der Waals surface area contributed by atoms with E-state index in [0.717, 1.165) is 30.4 Å². The highest BCUT2D eigenvalue weighted by atomic mass is 32.2. The molecule has 3 aromatic rings. The fraction of sp³-hybridized carbons (Fsp3) is 0.308. The Hall–Kier alpha value is -2.71. The molecule has 1 aliphatic rings. The summed E-state index contributed by atoms with van der Waals surface area (Å²) in [6.45, 7) is 1.06. The van der Waals surface area contributed by atoms with Gasteiger partial charge >= 0.3 is 5.97 Å². The van der Waals surface area contributed by atoms with E-state index in [1.54, 1.807) is 12.4 Å². The van der Waals surface area contributed by atoms with Gasteiger partial charge in [0.05, 0.1) is 13.2 Å². The summed E-state index contributed by atoms with van der Waals surface area (Å²) in [5.74, 6) is -0.428. The zero-order valence-corrected chi connectivity index (χ0v) is 19.3. The van der Waals surface area contributed by atoms with Crippen molar-refractivity contribution in [3.63, 3.8) is 0 Å². The van der Waals surface area contributed by atoms with Crippen LogP contribution < -0.4 is 5.32 Å². The second-order valence-electron chi connectivity index (χ2n) is 8.03. The standard InChI is InChI=1S/C26H29N3O3S/c30-25(31)24-20-33-26(28-24,23-15-9-16-27-18-23)29(19-22-13-5-2-6-14-22)32-17-8-7-12-21-10-3-1-4-11-21/h1-6,9-11,13-16,18,24,28H,7-8,12,17,19-20H2,(H,30,31). The predicted molar refractivity (Wildman–Crippen MR) is 130 cm³/mol. The van der Waals surface area contributed by atoms with Crippen LogP contribution in [0.2, 0.25) is 0 Å². The number of carboxylic acid groups (broad SMARTS) is 1. The van der Waals surface area contributed by atoms with Crippen molar-refractivity contribution in [1.29, 1.82) is 0 Å². The largest absolute Gasteiger partial charge is 0.480 e. The number of benzene rings is 2. The van der Waals surface area contributed by atoms with E-state index in [1.165, 1.54) is 17.3 Å². The van der Waals surface area contributed by atoms with Gasteiger partial charge in [-0.25, -0.2) is 0 Å². The van der Waals surface area contributed by atoms with Crippen LogP contribution in [-0.2, 0) is 27.6 Å². The number of aryl methyl sites for hydroxylation is 1. The fourth-order valence-electron chi connectivity index (χ4n) is 3.92. The number of hydrogen-bond donors (Lipinski definition) is 2. The number of pyridine rings is 1. The van der Waals surface area contributed by atoms with Crippen molar-refractivity contribution >= 4 is 17.7 Å². The summed E-state index contributed by atoms with van der Waals surface area (Å²) in [5.41, 5.74) is 3.29. The molecule has 7 heteroatoms. The summed E-state index contributed by atoms with van der Waals surface area (Å²) >= 11 is 1.54. The summed E-state index contributed by atoms with van der Waals surface area (Å²) < 4.78 is 0. The van der Waals surface area contributed by atoms with Crippen molar-refractivity contribution in [2.24, 2.45) is 0 Å². The van der Waals surface area contributed by atoms with Gasteiger partial charge in [0.15, 0.2) is 4.99 Å². The first-order valence-electron chi connectivity index (χ1n) is 11.2. The number of hydrogen-bond acceptors (Lipinski definition) is 6. The van der Waals surface area contributed by atoms with Crippen LogP contribution in [0, 0.1) is 0 Å². The Morgan fingerprint density at radius 3 is 2.42 bits per heavy atom. The van der Waals surface area contributed by atoms with Crippen LogP contribution in [0.4, 0.5) is 0 Å². The van der Waals surface area contributed by atoms with E-state index in [-0.39, 0.29) is 0 Å². The molecular weight excluding hydrogens is 434 g/mol. The number of thioether (sulfide) groups is 1. The van der Waals surface area contributed by atoms with Crippen molar-refractivity contribution < 1.29 is 14.7 Å². The third-order valence-corrected chi connectivity index (χ3v) is 7.12. The number of hydroxylamine groups is 2. The Morgan fingerprint density at radius 2 is 1.79 bits per heavy atom. The van der Waals surface area contributed by atoms with Gasteiger partial charge in [0.25, 0.3) is 0 Å². The summed E-state index contributed by atoms with van der Waals surface area (Å²) in [7, 11) is 0. The van der Waals surface area contributed by atoms with E-state index in [4.69, 9.17) is 4.84 Å². The molecule has 2 heterocycles. The van der Waals surface area contributed by atoms with Crippen LogP contribution >= 0.6 is 11.8 Å². The van der Waals surface area contributed by atoms with E-state index in [0.29, 0.717) is 18.9 Å². The monoisotopic (exact) mass is 463 g/mol. The second-order valence-corrected chi connectivity index (χ2v) is 9.24. The zero-order chi connectivity index (χ0) is 22.9. The highest BCUT2D eigenvalue weighted by molar-refractivity contribution is 8.00. The number of nitrogens with one attached hydrogen (secondary N) is 1. The molecule has 1 aromatic heterocycles. The Labute approximate surface area is 199 Å². The molecule has 2 N–H and O–H groups in total. The molecular formula is C26H29N3O3S. The van der Waals surface area contributed by atoms with Crippen molar-refractivity contribution in [3.8, 4) is 0 Å². The first-order chi connectivity index (χ1) is 16.2. The van der Waals surface area contributed by atoms with Gasteiger partial charge in [-0.1, -0.05) is 66.7 Å². The number of aromatic nitrogens is 1. The maximum Gasteiger partial charge on any atom is 0.321 e. The average Bonchev–Trinajstić information content (AvgIpc) is 3.32. The van der Waals surface area contributed by atoms with Gasteiger partial charge in [0, 0.05) is 23.7 Å². The van der Waals surface area contributed by atoms with Crippen molar-refractivity contribution in [2.45, 2.75) is 36.8 Å². The van der Waals surface area contributed by atoms with Crippen LogP contribution in [0.5, 0.6) is 0 Å². The van der Waals surface area contributed by atoms with Crippen molar-refractivity contribution in [1.82, 2.24) is 15.4 Å². The van der Waals surface area contributed by atoms with E-state index in [1.807, 2.05) is 41.5 Å². The number of carbonyl (C=O) groups is 1. The maximum atomic E-state index is 11.8. The number of carboxylic acids is 1. The molecule has 1 saturated heterocycles. The molecule has 33 heavy (non-hydrogen) atoms. The first kappa shape index (κ1) is 23.4. The summed E-state index contributed by atoms with van der Waals surface area (Å²) in [4.78, 5) is 21.6. The predicted octanol–water partition coefficient (Wildman–Crippen LogP) is 4.44. The van der Waals surface area contributed by atoms with Crippen LogP contribution in [0.1, 0.15) is 29.5 Å². The molecule has 0 aliphatic carbocycles. The normalized spacial score (nSPS) is 20.2. The van der Waals surface area contributed by atoms with Crippen LogP contribution in [0.25, 0.3) is 0 Å². The smallest absolute Gasteiger partial charge is 0.321 e. The minimum Gasteiger partial charge on any atom is -0.480 e.